The molecule has 1 aliphatic carbocycles. The lowest BCUT2D eigenvalue weighted by molar-refractivity contribution is 0.573. The van der Waals surface area contributed by atoms with Gasteiger partial charge >= 0.3 is 0 Å². The Balaban J connectivity index is 1.94. The predicted molar refractivity (Wildman–Crippen MR) is 84.8 cm³/mol. The van der Waals surface area contributed by atoms with E-state index in [0.717, 1.165) is 28.7 Å². The molecule has 0 radical (unpaired) electrons. The molecule has 0 saturated heterocycles. The van der Waals surface area contributed by atoms with Gasteiger partial charge in [-0.15, -0.1) is 0 Å². The minimum atomic E-state index is -0.564. The second kappa shape index (κ2) is 5.57. The summed E-state index contributed by atoms with van der Waals surface area (Å²) >= 11 is 0. The fourth-order valence-corrected chi connectivity index (χ4v) is 2.80. The molecule has 2 aromatic rings. The fourth-order valence-electron chi connectivity index (χ4n) is 2.80. The smallest absolute Gasteiger partial charge is 0.142 e. The summed E-state index contributed by atoms with van der Waals surface area (Å²) in [5, 5.41) is 0. The van der Waals surface area contributed by atoms with Crippen molar-refractivity contribution >= 4 is 0 Å². The first-order valence-electron chi connectivity index (χ1n) is 7.54. The molecule has 0 N–H and O–H groups in total. The number of halogens is 2. The van der Waals surface area contributed by atoms with Crippen LogP contribution in [0.25, 0.3) is 0 Å². The maximum atomic E-state index is 14.2. The number of hydrogen-bond acceptors (Lipinski definition) is 0. The molecule has 0 heterocycles. The lowest BCUT2D eigenvalue weighted by atomic mass is 10.0. The third-order valence-corrected chi connectivity index (χ3v) is 4.31. The van der Waals surface area contributed by atoms with E-state index in [-0.39, 0.29) is 5.56 Å². The molecule has 1 fully saturated rings. The van der Waals surface area contributed by atoms with Crippen molar-refractivity contribution in [3.8, 4) is 11.8 Å². The van der Waals surface area contributed by atoms with Crippen LogP contribution >= 0.6 is 0 Å². The lowest BCUT2D eigenvalue weighted by Crippen LogP contribution is -1.94. The topological polar surface area (TPSA) is 0 Å². The van der Waals surface area contributed by atoms with Crippen LogP contribution in [-0.2, 0) is 0 Å². The van der Waals surface area contributed by atoms with Gasteiger partial charge in [-0.3, -0.25) is 0 Å². The van der Waals surface area contributed by atoms with E-state index in [1.165, 1.54) is 12.1 Å². The third kappa shape index (κ3) is 2.90. The van der Waals surface area contributed by atoms with Gasteiger partial charge in [-0.05, 0) is 61.4 Å². The van der Waals surface area contributed by atoms with Gasteiger partial charge in [0, 0.05) is 5.56 Å². The Morgan fingerprint density at radius 3 is 2.18 bits per heavy atom. The molecule has 0 bridgehead atoms. The van der Waals surface area contributed by atoms with Crippen molar-refractivity contribution in [3.63, 3.8) is 0 Å². The first kappa shape index (κ1) is 14.8. The normalized spacial score (nSPS) is 19.5. The first-order chi connectivity index (χ1) is 10.5. The zero-order chi connectivity index (χ0) is 15.9. The van der Waals surface area contributed by atoms with Crippen LogP contribution in [0.5, 0.6) is 0 Å². The minimum Gasteiger partial charge on any atom is -0.206 e. The summed E-state index contributed by atoms with van der Waals surface area (Å²) in [5.74, 6) is 5.23. The van der Waals surface area contributed by atoms with Gasteiger partial charge in [-0.25, -0.2) is 8.78 Å². The molecule has 22 heavy (non-hydrogen) atoms. The average Bonchev–Trinajstić information content (AvgIpc) is 3.17. The second-order valence-corrected chi connectivity index (χ2v) is 6.25. The number of aryl methyl sites for hydroxylation is 2. The van der Waals surface area contributed by atoms with Crippen LogP contribution in [0.4, 0.5) is 8.78 Å². The average molecular weight is 296 g/mol. The zero-order valence-corrected chi connectivity index (χ0v) is 13.0. The van der Waals surface area contributed by atoms with E-state index in [1.807, 2.05) is 32.0 Å². The van der Waals surface area contributed by atoms with E-state index in [0.29, 0.717) is 11.8 Å². The molecule has 0 aliphatic heterocycles. The summed E-state index contributed by atoms with van der Waals surface area (Å²) in [5.41, 5.74) is 3.56. The van der Waals surface area contributed by atoms with E-state index in [9.17, 15) is 8.78 Å². The Morgan fingerprint density at radius 1 is 1.00 bits per heavy atom. The highest BCUT2D eigenvalue weighted by Gasteiger charge is 2.34. The number of hydrogen-bond donors (Lipinski definition) is 0. The molecule has 1 saturated carbocycles. The van der Waals surface area contributed by atoms with Crippen LogP contribution < -0.4 is 0 Å². The number of rotatable bonds is 1. The Kier molecular flexibility index (Phi) is 3.74. The van der Waals surface area contributed by atoms with E-state index in [1.54, 1.807) is 0 Å². The van der Waals surface area contributed by atoms with Crippen LogP contribution in [0.3, 0.4) is 0 Å². The van der Waals surface area contributed by atoms with Crippen LogP contribution in [0, 0.1) is 43.2 Å². The molecule has 0 spiro atoms. The van der Waals surface area contributed by atoms with Gasteiger partial charge in [0.2, 0.25) is 0 Å². The molecule has 0 amide bonds. The van der Waals surface area contributed by atoms with Crippen molar-refractivity contribution in [1.29, 1.82) is 0 Å². The van der Waals surface area contributed by atoms with E-state index < -0.39 is 11.6 Å². The molecule has 0 aromatic heterocycles. The second-order valence-electron chi connectivity index (χ2n) is 6.25. The predicted octanol–water partition coefficient (Wildman–Crippen LogP) is 5.10. The Labute approximate surface area is 130 Å². The molecule has 3 rings (SSSR count). The minimum absolute atomic E-state index is 0.142. The Bertz CT molecular complexity index is 770. The van der Waals surface area contributed by atoms with Crippen LogP contribution in [0.1, 0.15) is 47.1 Å². The SMILES string of the molecule is Cc1ccc(C#Cc2c(F)cc(C3CC3C)cc2F)c(C)c1. The highest BCUT2D eigenvalue weighted by molar-refractivity contribution is 5.49. The molecular formula is C20H18F2. The van der Waals surface area contributed by atoms with Crippen molar-refractivity contribution in [3.05, 3.63) is 69.8 Å². The molecule has 2 heteroatoms. The summed E-state index contributed by atoms with van der Waals surface area (Å²) in [6, 6.07) is 8.70. The van der Waals surface area contributed by atoms with Gasteiger partial charge < -0.3 is 0 Å². The Hall–Kier alpha value is -2.14. The van der Waals surface area contributed by atoms with Crippen molar-refractivity contribution < 1.29 is 8.78 Å². The van der Waals surface area contributed by atoms with Crippen LogP contribution in [0.2, 0.25) is 0 Å². The fraction of sp³-hybridized carbons (Fsp3) is 0.300. The molecule has 1 aliphatic rings. The molecule has 112 valence electrons. The first-order valence-corrected chi connectivity index (χ1v) is 7.54. The molecule has 2 unspecified atom stereocenters. The summed E-state index contributed by atoms with van der Waals surface area (Å²) in [7, 11) is 0. The van der Waals surface area contributed by atoms with Crippen molar-refractivity contribution in [2.75, 3.05) is 0 Å². The maximum Gasteiger partial charge on any atom is 0.142 e. The van der Waals surface area contributed by atoms with Gasteiger partial charge in [0.15, 0.2) is 0 Å². The van der Waals surface area contributed by atoms with E-state index in [2.05, 4.69) is 18.8 Å². The zero-order valence-electron chi connectivity index (χ0n) is 13.0. The molecule has 2 atom stereocenters. The summed E-state index contributed by atoms with van der Waals surface area (Å²) in [4.78, 5) is 0. The van der Waals surface area contributed by atoms with E-state index in [4.69, 9.17) is 0 Å². The largest absolute Gasteiger partial charge is 0.206 e. The molecule has 0 nitrogen and oxygen atoms in total. The van der Waals surface area contributed by atoms with Gasteiger partial charge in [0.1, 0.15) is 11.6 Å². The van der Waals surface area contributed by atoms with Crippen molar-refractivity contribution in [1.82, 2.24) is 0 Å². The highest BCUT2D eigenvalue weighted by atomic mass is 19.1. The van der Waals surface area contributed by atoms with Crippen molar-refractivity contribution in [2.24, 2.45) is 5.92 Å². The van der Waals surface area contributed by atoms with E-state index >= 15 is 0 Å². The van der Waals surface area contributed by atoms with Gasteiger partial charge in [0.05, 0.1) is 5.56 Å². The molecule has 2 aromatic carbocycles. The van der Waals surface area contributed by atoms with Crippen molar-refractivity contribution in [2.45, 2.75) is 33.1 Å². The van der Waals surface area contributed by atoms with Crippen LogP contribution in [0.15, 0.2) is 30.3 Å². The summed E-state index contributed by atoms with van der Waals surface area (Å²) in [6.45, 7) is 6.04. The number of benzene rings is 2. The standard InChI is InChI=1S/C20H18F2/c1-12-4-5-15(13(2)8-12)6-7-17-19(21)10-16(11-20(17)22)18-9-14(18)3/h4-5,8,10-11,14,18H,9H2,1-3H3. The Morgan fingerprint density at radius 2 is 1.64 bits per heavy atom. The quantitative estimate of drug-likeness (QED) is 0.642. The van der Waals surface area contributed by atoms with Crippen LogP contribution in [-0.4, -0.2) is 0 Å². The maximum absolute atomic E-state index is 14.2. The highest BCUT2D eigenvalue weighted by Crippen LogP contribution is 2.47. The van der Waals surface area contributed by atoms with Gasteiger partial charge in [0.25, 0.3) is 0 Å². The van der Waals surface area contributed by atoms with Gasteiger partial charge in [-0.2, -0.15) is 0 Å². The molecular weight excluding hydrogens is 278 g/mol. The monoisotopic (exact) mass is 296 g/mol. The summed E-state index contributed by atoms with van der Waals surface area (Å²) in [6.07, 6.45) is 1.01. The summed E-state index contributed by atoms with van der Waals surface area (Å²) < 4.78 is 28.3. The third-order valence-electron chi connectivity index (χ3n) is 4.31. The lowest BCUT2D eigenvalue weighted by Gasteiger charge is -2.03. The van der Waals surface area contributed by atoms with Gasteiger partial charge in [-0.1, -0.05) is 36.5 Å².